The van der Waals surface area contributed by atoms with E-state index in [4.69, 9.17) is 16.2 Å². The summed E-state index contributed by atoms with van der Waals surface area (Å²) >= 11 is 0. The molecular weight excluding hydrogens is 243 g/mol. The highest BCUT2D eigenvalue weighted by atomic mass is 35.5. The Balaban J connectivity index is 0. The molecule has 0 radical (unpaired) electrons. The molecule has 1 heterocycles. The van der Waals surface area contributed by atoms with Crippen molar-refractivity contribution in [1.29, 1.82) is 5.41 Å². The second-order valence-electron chi connectivity index (χ2n) is 3.20. The molecule has 15 heavy (non-hydrogen) atoms. The zero-order valence-electron chi connectivity index (χ0n) is 8.03. The lowest BCUT2D eigenvalue weighted by Gasteiger charge is -2.08. The van der Waals surface area contributed by atoms with E-state index < -0.39 is 12.0 Å². The van der Waals surface area contributed by atoms with Crippen LogP contribution in [-0.4, -0.2) is 36.2 Å². The number of carboxylic acids is 1. The Morgan fingerprint density at radius 2 is 2.20 bits per heavy atom. The molecule has 1 rings (SSSR count). The molecule has 90 valence electrons. The Morgan fingerprint density at radius 1 is 1.60 bits per heavy atom. The standard InChI is InChI=1S/C7H14N4O2.2ClH/c8-7(9)11-3-4-1-5(6(12)13)10-2-4;;/h4-5,10H,1-3H2,(H,12,13)(H4,8,9,11);2*1H/t4-,5+;;/m1../s1. The van der Waals surface area contributed by atoms with Crippen molar-refractivity contribution in [3.8, 4) is 0 Å². The minimum Gasteiger partial charge on any atom is -0.480 e. The second-order valence-corrected chi connectivity index (χ2v) is 3.20. The normalized spacial score (nSPS) is 23.5. The van der Waals surface area contributed by atoms with Crippen LogP contribution in [0.15, 0.2) is 0 Å². The summed E-state index contributed by atoms with van der Waals surface area (Å²) in [4.78, 5) is 10.5. The predicted molar refractivity (Wildman–Crippen MR) is 61.9 cm³/mol. The van der Waals surface area contributed by atoms with Gasteiger partial charge in [-0.3, -0.25) is 10.2 Å². The number of hydrogen-bond donors (Lipinski definition) is 5. The topological polar surface area (TPSA) is 111 Å². The van der Waals surface area contributed by atoms with E-state index in [1.807, 2.05) is 0 Å². The summed E-state index contributed by atoms with van der Waals surface area (Å²) in [6, 6.07) is -0.446. The smallest absolute Gasteiger partial charge is 0.320 e. The average molecular weight is 259 g/mol. The van der Waals surface area contributed by atoms with Crippen LogP contribution in [0.1, 0.15) is 6.42 Å². The minimum absolute atomic E-state index is 0. The number of nitrogens with two attached hydrogens (primary N) is 1. The van der Waals surface area contributed by atoms with Crippen molar-refractivity contribution in [2.24, 2.45) is 11.7 Å². The van der Waals surface area contributed by atoms with Gasteiger partial charge in [-0.1, -0.05) is 0 Å². The summed E-state index contributed by atoms with van der Waals surface area (Å²) in [5.41, 5.74) is 5.10. The molecule has 0 aliphatic carbocycles. The van der Waals surface area contributed by atoms with Crippen molar-refractivity contribution in [3.05, 3.63) is 0 Å². The first kappa shape index (κ1) is 16.7. The first-order valence-electron chi connectivity index (χ1n) is 4.13. The molecule has 1 saturated heterocycles. The lowest BCUT2D eigenvalue weighted by molar-refractivity contribution is -0.139. The Bertz CT molecular complexity index is 227. The molecule has 0 aromatic carbocycles. The lowest BCUT2D eigenvalue weighted by Crippen LogP contribution is -2.34. The fourth-order valence-corrected chi connectivity index (χ4v) is 1.41. The Kier molecular flexibility index (Phi) is 8.41. The molecule has 1 aliphatic heterocycles. The fourth-order valence-electron chi connectivity index (χ4n) is 1.41. The van der Waals surface area contributed by atoms with Crippen molar-refractivity contribution in [2.45, 2.75) is 12.5 Å². The highest BCUT2D eigenvalue weighted by Gasteiger charge is 2.28. The minimum atomic E-state index is -0.815. The number of carbonyl (C=O) groups is 1. The van der Waals surface area contributed by atoms with Gasteiger partial charge in [-0.25, -0.2) is 0 Å². The molecule has 6 nitrogen and oxygen atoms in total. The van der Waals surface area contributed by atoms with Gasteiger partial charge in [0.2, 0.25) is 0 Å². The van der Waals surface area contributed by atoms with Gasteiger partial charge in [0, 0.05) is 13.1 Å². The number of aliphatic carboxylic acids is 1. The van der Waals surface area contributed by atoms with E-state index in [1.165, 1.54) is 0 Å². The number of rotatable bonds is 3. The monoisotopic (exact) mass is 258 g/mol. The third-order valence-corrected chi connectivity index (χ3v) is 2.10. The van der Waals surface area contributed by atoms with E-state index in [0.29, 0.717) is 19.5 Å². The van der Waals surface area contributed by atoms with E-state index >= 15 is 0 Å². The van der Waals surface area contributed by atoms with Crippen LogP contribution < -0.4 is 16.4 Å². The molecule has 1 aliphatic rings. The SMILES string of the molecule is Cl.Cl.N=C(N)NC[C@H]1CN[C@H](C(=O)O)C1. The van der Waals surface area contributed by atoms with Crippen molar-refractivity contribution < 1.29 is 9.90 Å². The maximum Gasteiger partial charge on any atom is 0.320 e. The highest BCUT2D eigenvalue weighted by molar-refractivity contribution is 5.85. The van der Waals surface area contributed by atoms with Gasteiger partial charge in [0.05, 0.1) is 0 Å². The summed E-state index contributed by atoms with van der Waals surface area (Å²) in [6.07, 6.45) is 0.593. The van der Waals surface area contributed by atoms with Gasteiger partial charge < -0.3 is 21.5 Å². The average Bonchev–Trinajstić information content (AvgIpc) is 2.48. The van der Waals surface area contributed by atoms with Gasteiger partial charge in [-0.2, -0.15) is 0 Å². The summed E-state index contributed by atoms with van der Waals surface area (Å²) < 4.78 is 0. The van der Waals surface area contributed by atoms with Crippen LogP contribution >= 0.6 is 24.8 Å². The number of guanidine groups is 1. The van der Waals surface area contributed by atoms with Crippen LogP contribution in [0, 0.1) is 11.3 Å². The van der Waals surface area contributed by atoms with Gasteiger partial charge in [-0.05, 0) is 12.3 Å². The number of halogens is 2. The number of carboxylic acid groups (broad SMARTS) is 1. The summed E-state index contributed by atoms with van der Waals surface area (Å²) in [5.74, 6) is -0.644. The van der Waals surface area contributed by atoms with Crippen LogP contribution in [0.4, 0.5) is 0 Å². The van der Waals surface area contributed by atoms with Crippen molar-refractivity contribution in [2.75, 3.05) is 13.1 Å². The van der Waals surface area contributed by atoms with Gasteiger partial charge in [0.25, 0.3) is 0 Å². The quantitative estimate of drug-likeness (QED) is 0.342. The molecule has 8 heteroatoms. The number of hydrogen-bond acceptors (Lipinski definition) is 3. The third-order valence-electron chi connectivity index (χ3n) is 2.10. The molecular formula is C7H16Cl2N4O2. The molecule has 6 N–H and O–H groups in total. The Hall–Kier alpha value is -0.720. The fraction of sp³-hybridized carbons (Fsp3) is 0.714. The maximum absolute atomic E-state index is 10.5. The van der Waals surface area contributed by atoms with Gasteiger partial charge in [0.1, 0.15) is 6.04 Å². The zero-order chi connectivity index (χ0) is 9.84. The van der Waals surface area contributed by atoms with Crippen LogP contribution in [0.3, 0.4) is 0 Å². The van der Waals surface area contributed by atoms with Gasteiger partial charge in [0.15, 0.2) is 5.96 Å². The lowest BCUT2D eigenvalue weighted by atomic mass is 10.1. The maximum atomic E-state index is 10.5. The third kappa shape index (κ3) is 5.66. The molecule has 1 fully saturated rings. The predicted octanol–water partition coefficient (Wildman–Crippen LogP) is -0.624. The van der Waals surface area contributed by atoms with E-state index in [9.17, 15) is 4.79 Å². The molecule has 0 bridgehead atoms. The summed E-state index contributed by atoms with van der Waals surface area (Å²) in [7, 11) is 0. The first-order chi connectivity index (χ1) is 6.09. The highest BCUT2D eigenvalue weighted by Crippen LogP contribution is 2.12. The van der Waals surface area contributed by atoms with Crippen LogP contribution in [-0.2, 0) is 4.79 Å². The molecule has 0 aromatic rings. The van der Waals surface area contributed by atoms with Gasteiger partial charge >= 0.3 is 5.97 Å². The van der Waals surface area contributed by atoms with Crippen molar-refractivity contribution in [1.82, 2.24) is 10.6 Å². The zero-order valence-corrected chi connectivity index (χ0v) is 9.66. The van der Waals surface area contributed by atoms with Crippen LogP contribution in [0.5, 0.6) is 0 Å². The number of nitrogens with one attached hydrogen (secondary N) is 3. The molecule has 2 atom stereocenters. The Labute approximate surface area is 100 Å². The molecule has 0 unspecified atom stereocenters. The summed E-state index contributed by atoms with van der Waals surface area (Å²) in [5, 5.41) is 21.1. The first-order valence-corrected chi connectivity index (χ1v) is 4.13. The molecule has 0 saturated carbocycles. The Morgan fingerprint density at radius 3 is 2.60 bits per heavy atom. The largest absolute Gasteiger partial charge is 0.480 e. The second kappa shape index (κ2) is 7.56. The van der Waals surface area contributed by atoms with Crippen LogP contribution in [0.25, 0.3) is 0 Å². The van der Waals surface area contributed by atoms with E-state index in [-0.39, 0.29) is 36.7 Å². The van der Waals surface area contributed by atoms with Crippen molar-refractivity contribution >= 4 is 36.7 Å². The van der Waals surface area contributed by atoms with E-state index in [2.05, 4.69) is 10.6 Å². The summed E-state index contributed by atoms with van der Waals surface area (Å²) in [6.45, 7) is 1.23. The van der Waals surface area contributed by atoms with E-state index in [0.717, 1.165) is 0 Å². The molecule has 0 aromatic heterocycles. The van der Waals surface area contributed by atoms with E-state index in [1.54, 1.807) is 0 Å². The molecule has 0 spiro atoms. The molecule has 0 amide bonds. The van der Waals surface area contributed by atoms with Crippen molar-refractivity contribution in [3.63, 3.8) is 0 Å². The van der Waals surface area contributed by atoms with Crippen LogP contribution in [0.2, 0.25) is 0 Å². The van der Waals surface area contributed by atoms with Gasteiger partial charge in [-0.15, -0.1) is 24.8 Å².